The van der Waals surface area contributed by atoms with E-state index < -0.39 is 11.6 Å². The Morgan fingerprint density at radius 2 is 1.79 bits per heavy atom. The van der Waals surface area contributed by atoms with E-state index in [9.17, 15) is 8.78 Å². The fourth-order valence-corrected chi connectivity index (χ4v) is 1.24. The van der Waals surface area contributed by atoms with Crippen LogP contribution in [0.1, 0.15) is 5.76 Å². The minimum Gasteiger partial charge on any atom is -0.461 e. The Hall–Kier alpha value is -1.64. The molecular formula is C11H8F2O. The largest absolute Gasteiger partial charge is 0.461 e. The van der Waals surface area contributed by atoms with Crippen LogP contribution in [0.25, 0.3) is 11.3 Å². The van der Waals surface area contributed by atoms with E-state index >= 15 is 0 Å². The monoisotopic (exact) mass is 194 g/mol. The minimum atomic E-state index is -0.864. The van der Waals surface area contributed by atoms with E-state index in [-0.39, 0.29) is 0 Å². The molecule has 0 aliphatic carbocycles. The normalized spacial score (nSPS) is 10.5. The number of rotatable bonds is 1. The molecule has 2 aromatic rings. The maximum Gasteiger partial charge on any atom is 0.159 e. The standard InChI is InChI=1S/C11H8F2O/c1-7-2-5-11(14-7)8-3-4-9(12)10(13)6-8/h2-6H,1H3. The number of halogens is 2. The van der Waals surface area contributed by atoms with Crippen LogP contribution in [0.5, 0.6) is 0 Å². The van der Waals surface area contributed by atoms with E-state index in [0.717, 1.165) is 17.9 Å². The first-order valence-electron chi connectivity index (χ1n) is 4.18. The molecule has 0 radical (unpaired) electrons. The molecule has 14 heavy (non-hydrogen) atoms. The van der Waals surface area contributed by atoms with E-state index in [2.05, 4.69) is 0 Å². The Kier molecular flexibility index (Phi) is 2.08. The summed E-state index contributed by atoms with van der Waals surface area (Å²) >= 11 is 0. The number of hydrogen-bond acceptors (Lipinski definition) is 1. The molecule has 0 bridgehead atoms. The summed E-state index contributed by atoms with van der Waals surface area (Å²) in [5, 5.41) is 0. The highest BCUT2D eigenvalue weighted by atomic mass is 19.2. The summed E-state index contributed by atoms with van der Waals surface area (Å²) in [6.45, 7) is 1.80. The van der Waals surface area contributed by atoms with Gasteiger partial charge in [-0.25, -0.2) is 8.78 Å². The highest BCUT2D eigenvalue weighted by Crippen LogP contribution is 2.23. The topological polar surface area (TPSA) is 13.1 Å². The lowest BCUT2D eigenvalue weighted by molar-refractivity contribution is 0.507. The third kappa shape index (κ3) is 1.53. The third-order valence-electron chi connectivity index (χ3n) is 1.94. The predicted octanol–water partition coefficient (Wildman–Crippen LogP) is 3.53. The summed E-state index contributed by atoms with van der Waals surface area (Å²) in [7, 11) is 0. The molecule has 0 aliphatic rings. The highest BCUT2D eigenvalue weighted by Gasteiger charge is 2.06. The number of benzene rings is 1. The van der Waals surface area contributed by atoms with Crippen molar-refractivity contribution >= 4 is 0 Å². The van der Waals surface area contributed by atoms with Crippen LogP contribution in [0.2, 0.25) is 0 Å². The zero-order valence-corrected chi connectivity index (χ0v) is 7.55. The van der Waals surface area contributed by atoms with Crippen molar-refractivity contribution in [1.29, 1.82) is 0 Å². The highest BCUT2D eigenvalue weighted by molar-refractivity contribution is 5.57. The van der Waals surface area contributed by atoms with Crippen molar-refractivity contribution < 1.29 is 13.2 Å². The van der Waals surface area contributed by atoms with Gasteiger partial charge in [0.15, 0.2) is 11.6 Å². The van der Waals surface area contributed by atoms with Gasteiger partial charge in [0.05, 0.1) is 0 Å². The van der Waals surface area contributed by atoms with Crippen LogP contribution in [0, 0.1) is 18.6 Å². The summed E-state index contributed by atoms with van der Waals surface area (Å²) in [6, 6.07) is 7.19. The first-order valence-corrected chi connectivity index (χ1v) is 4.18. The van der Waals surface area contributed by atoms with Crippen LogP contribution in [0.15, 0.2) is 34.7 Å². The van der Waals surface area contributed by atoms with Crippen LogP contribution in [0.3, 0.4) is 0 Å². The second-order valence-corrected chi connectivity index (χ2v) is 3.04. The lowest BCUT2D eigenvalue weighted by atomic mass is 10.1. The lowest BCUT2D eigenvalue weighted by Gasteiger charge is -1.97. The van der Waals surface area contributed by atoms with Crippen molar-refractivity contribution in [3.05, 3.63) is 47.7 Å². The van der Waals surface area contributed by atoms with Gasteiger partial charge in [-0.3, -0.25) is 0 Å². The SMILES string of the molecule is Cc1ccc(-c2ccc(F)c(F)c2)o1. The molecule has 3 heteroatoms. The van der Waals surface area contributed by atoms with Crippen molar-refractivity contribution in [3.63, 3.8) is 0 Å². The maximum absolute atomic E-state index is 12.9. The van der Waals surface area contributed by atoms with Crippen molar-refractivity contribution in [2.24, 2.45) is 0 Å². The molecule has 0 N–H and O–H groups in total. The van der Waals surface area contributed by atoms with Gasteiger partial charge < -0.3 is 4.42 Å². The Bertz CT molecular complexity index is 460. The quantitative estimate of drug-likeness (QED) is 0.676. The fraction of sp³-hybridized carbons (Fsp3) is 0.0909. The Morgan fingerprint density at radius 3 is 2.36 bits per heavy atom. The average Bonchev–Trinajstić information content (AvgIpc) is 2.57. The van der Waals surface area contributed by atoms with Crippen LogP contribution in [-0.2, 0) is 0 Å². The second kappa shape index (κ2) is 3.25. The third-order valence-corrected chi connectivity index (χ3v) is 1.94. The molecule has 0 atom stereocenters. The van der Waals surface area contributed by atoms with Gasteiger partial charge in [-0.1, -0.05) is 0 Å². The molecule has 0 saturated heterocycles. The molecule has 2 rings (SSSR count). The molecule has 0 aliphatic heterocycles. The number of furan rings is 1. The maximum atomic E-state index is 12.9. The fourth-order valence-electron chi connectivity index (χ4n) is 1.24. The molecule has 1 aromatic heterocycles. The molecule has 72 valence electrons. The number of aryl methyl sites for hydroxylation is 1. The molecule has 1 nitrogen and oxygen atoms in total. The molecular weight excluding hydrogens is 186 g/mol. The van der Waals surface area contributed by atoms with Gasteiger partial charge in [0, 0.05) is 5.56 Å². The summed E-state index contributed by atoms with van der Waals surface area (Å²) in [5.74, 6) is -0.431. The smallest absolute Gasteiger partial charge is 0.159 e. The van der Waals surface area contributed by atoms with Crippen molar-refractivity contribution in [2.45, 2.75) is 6.92 Å². The zero-order chi connectivity index (χ0) is 10.1. The van der Waals surface area contributed by atoms with Gasteiger partial charge >= 0.3 is 0 Å². The van der Waals surface area contributed by atoms with E-state index in [1.807, 2.05) is 0 Å². The molecule has 1 heterocycles. The Morgan fingerprint density at radius 1 is 1.00 bits per heavy atom. The molecule has 0 unspecified atom stereocenters. The molecule has 0 amide bonds. The average molecular weight is 194 g/mol. The van der Waals surface area contributed by atoms with Gasteiger partial charge in [0.25, 0.3) is 0 Å². The van der Waals surface area contributed by atoms with Gasteiger partial charge in [-0.15, -0.1) is 0 Å². The summed E-state index contributed by atoms with van der Waals surface area (Å²) in [5.41, 5.74) is 0.539. The summed E-state index contributed by atoms with van der Waals surface area (Å²) in [4.78, 5) is 0. The van der Waals surface area contributed by atoms with Gasteiger partial charge in [-0.05, 0) is 37.3 Å². The molecule has 0 fully saturated rings. The summed E-state index contributed by atoms with van der Waals surface area (Å²) < 4.78 is 30.7. The van der Waals surface area contributed by atoms with E-state index in [0.29, 0.717) is 11.3 Å². The first-order chi connectivity index (χ1) is 6.66. The van der Waals surface area contributed by atoms with Gasteiger partial charge in [0.1, 0.15) is 11.5 Å². The van der Waals surface area contributed by atoms with E-state index in [1.165, 1.54) is 6.07 Å². The van der Waals surface area contributed by atoms with Crippen LogP contribution < -0.4 is 0 Å². The van der Waals surface area contributed by atoms with Gasteiger partial charge in [0.2, 0.25) is 0 Å². The number of hydrogen-bond donors (Lipinski definition) is 0. The predicted molar refractivity (Wildman–Crippen MR) is 48.8 cm³/mol. The minimum absolute atomic E-state index is 0.539. The molecule has 0 saturated carbocycles. The summed E-state index contributed by atoms with van der Waals surface area (Å²) in [6.07, 6.45) is 0. The van der Waals surface area contributed by atoms with Crippen molar-refractivity contribution in [2.75, 3.05) is 0 Å². The molecule has 1 aromatic carbocycles. The second-order valence-electron chi connectivity index (χ2n) is 3.04. The van der Waals surface area contributed by atoms with Crippen molar-refractivity contribution in [3.8, 4) is 11.3 Å². The van der Waals surface area contributed by atoms with Crippen molar-refractivity contribution in [1.82, 2.24) is 0 Å². The van der Waals surface area contributed by atoms with E-state index in [4.69, 9.17) is 4.42 Å². The first kappa shape index (κ1) is 8.94. The Balaban J connectivity index is 2.47. The van der Waals surface area contributed by atoms with Crippen LogP contribution in [-0.4, -0.2) is 0 Å². The Labute approximate surface area is 80.0 Å². The van der Waals surface area contributed by atoms with Crippen LogP contribution >= 0.6 is 0 Å². The zero-order valence-electron chi connectivity index (χ0n) is 7.55. The van der Waals surface area contributed by atoms with E-state index in [1.54, 1.807) is 19.1 Å². The van der Waals surface area contributed by atoms with Crippen LogP contribution in [0.4, 0.5) is 8.78 Å². The lowest BCUT2D eigenvalue weighted by Crippen LogP contribution is -1.83. The van der Waals surface area contributed by atoms with Gasteiger partial charge in [-0.2, -0.15) is 0 Å². The molecule has 0 spiro atoms.